The van der Waals surface area contributed by atoms with Crippen LogP contribution in [0.1, 0.15) is 5.56 Å². The van der Waals surface area contributed by atoms with E-state index in [0.717, 1.165) is 5.56 Å². The van der Waals surface area contributed by atoms with Crippen LogP contribution in [0.4, 0.5) is 9.18 Å². The summed E-state index contributed by atoms with van der Waals surface area (Å²) in [5.74, 6) is -0.174. The summed E-state index contributed by atoms with van der Waals surface area (Å²) in [4.78, 5) is 13.5. The van der Waals surface area contributed by atoms with Crippen LogP contribution < -0.4 is 0 Å². The molecule has 1 aliphatic heterocycles. The molecule has 1 heterocycles. The molecule has 3 rings (SSSR count). The maximum Gasteiger partial charge on any atom is 0.410 e. The molecular weight excluding hydrogens is 249 g/mol. The second kappa shape index (κ2) is 5.17. The summed E-state index contributed by atoms with van der Waals surface area (Å²) < 4.78 is 24.0. The van der Waals surface area contributed by atoms with E-state index in [-0.39, 0.29) is 18.6 Å². The van der Waals surface area contributed by atoms with E-state index < -0.39 is 12.3 Å². The van der Waals surface area contributed by atoms with Crippen LogP contribution in [0.2, 0.25) is 0 Å². The molecule has 1 aliphatic carbocycles. The molecule has 4 nitrogen and oxygen atoms in total. The number of carbonyl (C=O) groups excluding carboxylic acids is 1. The third-order valence-electron chi connectivity index (χ3n) is 3.62. The first-order valence-electron chi connectivity index (χ1n) is 6.46. The van der Waals surface area contributed by atoms with Gasteiger partial charge in [0.05, 0.1) is 19.3 Å². The van der Waals surface area contributed by atoms with Gasteiger partial charge in [-0.2, -0.15) is 0 Å². The van der Waals surface area contributed by atoms with Crippen LogP contribution in [-0.4, -0.2) is 43.0 Å². The lowest BCUT2D eigenvalue weighted by Crippen LogP contribution is -2.36. The average molecular weight is 265 g/mol. The summed E-state index contributed by atoms with van der Waals surface area (Å²) >= 11 is 0. The first-order chi connectivity index (χ1) is 9.27. The Morgan fingerprint density at radius 3 is 3.00 bits per heavy atom. The zero-order valence-corrected chi connectivity index (χ0v) is 10.5. The molecule has 102 valence electrons. The molecule has 1 saturated carbocycles. The van der Waals surface area contributed by atoms with E-state index in [4.69, 9.17) is 9.47 Å². The van der Waals surface area contributed by atoms with Crippen molar-refractivity contribution in [3.8, 4) is 0 Å². The monoisotopic (exact) mass is 265 g/mol. The topological polar surface area (TPSA) is 38.8 Å². The highest BCUT2D eigenvalue weighted by Gasteiger charge is 2.57. The average Bonchev–Trinajstić information content (AvgIpc) is 3.13. The van der Waals surface area contributed by atoms with E-state index in [0.29, 0.717) is 19.8 Å². The highest BCUT2D eigenvalue weighted by Crippen LogP contribution is 2.41. The third-order valence-corrected chi connectivity index (χ3v) is 3.62. The fraction of sp³-hybridized carbons (Fsp3) is 0.500. The fourth-order valence-electron chi connectivity index (χ4n) is 2.46. The molecule has 1 aromatic rings. The molecule has 2 aliphatic rings. The summed E-state index contributed by atoms with van der Waals surface area (Å²) in [5, 5.41) is 0. The summed E-state index contributed by atoms with van der Waals surface area (Å²) in [6.07, 6.45) is -1.42. The van der Waals surface area contributed by atoms with Gasteiger partial charge in [0.15, 0.2) is 0 Å². The van der Waals surface area contributed by atoms with Gasteiger partial charge in [-0.25, -0.2) is 9.18 Å². The molecule has 1 amide bonds. The minimum Gasteiger partial charge on any atom is -0.445 e. The van der Waals surface area contributed by atoms with Crippen LogP contribution in [0.25, 0.3) is 0 Å². The van der Waals surface area contributed by atoms with Crippen molar-refractivity contribution >= 4 is 6.09 Å². The minimum absolute atomic E-state index is 0.174. The van der Waals surface area contributed by atoms with Gasteiger partial charge in [-0.15, -0.1) is 0 Å². The van der Waals surface area contributed by atoms with Crippen molar-refractivity contribution in [2.45, 2.75) is 18.8 Å². The predicted molar refractivity (Wildman–Crippen MR) is 66.3 cm³/mol. The number of rotatable bonds is 2. The van der Waals surface area contributed by atoms with E-state index in [1.54, 1.807) is 0 Å². The standard InChI is InChI=1S/C14H16FNO3/c15-12-11-9-18-7-6-16(13(11)12)14(17)19-8-10-4-2-1-3-5-10/h1-5,11-13H,6-9H2. The number of benzene rings is 1. The molecule has 3 atom stereocenters. The number of halogens is 1. The smallest absolute Gasteiger partial charge is 0.410 e. The van der Waals surface area contributed by atoms with Crippen molar-refractivity contribution in [2.24, 2.45) is 5.92 Å². The molecule has 0 N–H and O–H groups in total. The maximum absolute atomic E-state index is 13.5. The SMILES string of the molecule is O=C(OCc1ccccc1)N1CCOCC2C(F)C21. The number of amides is 1. The zero-order valence-electron chi connectivity index (χ0n) is 10.5. The molecule has 5 heteroatoms. The number of hydrogen-bond donors (Lipinski definition) is 0. The Hall–Kier alpha value is -1.62. The Morgan fingerprint density at radius 2 is 2.21 bits per heavy atom. The molecule has 0 spiro atoms. The van der Waals surface area contributed by atoms with E-state index in [1.165, 1.54) is 4.90 Å². The van der Waals surface area contributed by atoms with Crippen molar-refractivity contribution in [1.29, 1.82) is 0 Å². The highest BCUT2D eigenvalue weighted by molar-refractivity contribution is 5.69. The van der Waals surface area contributed by atoms with Gasteiger partial charge in [0, 0.05) is 12.5 Å². The number of carbonyl (C=O) groups is 1. The maximum atomic E-state index is 13.5. The molecule has 0 radical (unpaired) electrons. The quantitative estimate of drug-likeness (QED) is 0.821. The Balaban J connectivity index is 1.58. The van der Waals surface area contributed by atoms with Gasteiger partial charge in [0.2, 0.25) is 0 Å². The van der Waals surface area contributed by atoms with Crippen molar-refractivity contribution in [3.63, 3.8) is 0 Å². The van der Waals surface area contributed by atoms with Gasteiger partial charge >= 0.3 is 6.09 Å². The Morgan fingerprint density at radius 1 is 1.42 bits per heavy atom. The van der Waals surface area contributed by atoms with Gasteiger partial charge in [0.1, 0.15) is 12.8 Å². The summed E-state index contributed by atoms with van der Waals surface area (Å²) in [7, 11) is 0. The molecular formula is C14H16FNO3. The van der Waals surface area contributed by atoms with Crippen molar-refractivity contribution < 1.29 is 18.7 Å². The largest absolute Gasteiger partial charge is 0.445 e. The second-order valence-corrected chi connectivity index (χ2v) is 4.91. The highest BCUT2D eigenvalue weighted by atomic mass is 19.1. The Labute approximate surface area is 111 Å². The number of hydrogen-bond acceptors (Lipinski definition) is 3. The van der Waals surface area contributed by atoms with Crippen molar-refractivity contribution in [3.05, 3.63) is 35.9 Å². The van der Waals surface area contributed by atoms with Crippen molar-refractivity contribution in [2.75, 3.05) is 19.8 Å². The normalized spacial score (nSPS) is 29.3. The number of nitrogens with zero attached hydrogens (tertiary/aromatic N) is 1. The molecule has 0 bridgehead atoms. The van der Waals surface area contributed by atoms with Gasteiger partial charge < -0.3 is 9.47 Å². The van der Waals surface area contributed by atoms with Crippen LogP contribution in [0, 0.1) is 5.92 Å². The fourth-order valence-corrected chi connectivity index (χ4v) is 2.46. The van der Waals surface area contributed by atoms with Gasteiger partial charge in [-0.05, 0) is 5.56 Å². The molecule has 1 aromatic carbocycles. The van der Waals surface area contributed by atoms with Crippen LogP contribution >= 0.6 is 0 Å². The zero-order chi connectivity index (χ0) is 13.2. The van der Waals surface area contributed by atoms with Crippen LogP contribution in [0.5, 0.6) is 0 Å². The second-order valence-electron chi connectivity index (χ2n) is 4.91. The summed E-state index contributed by atoms with van der Waals surface area (Å²) in [6, 6.07) is 9.09. The lowest BCUT2D eigenvalue weighted by Gasteiger charge is -2.20. The Bertz CT molecular complexity index is 453. The third kappa shape index (κ3) is 2.56. The van der Waals surface area contributed by atoms with E-state index in [1.807, 2.05) is 30.3 Å². The van der Waals surface area contributed by atoms with E-state index in [2.05, 4.69) is 0 Å². The van der Waals surface area contributed by atoms with Crippen molar-refractivity contribution in [1.82, 2.24) is 4.90 Å². The summed E-state index contributed by atoms with van der Waals surface area (Å²) in [6.45, 7) is 1.45. The lowest BCUT2D eigenvalue weighted by molar-refractivity contribution is 0.0769. The van der Waals surface area contributed by atoms with Crippen LogP contribution in [0.15, 0.2) is 30.3 Å². The molecule has 3 unspecified atom stereocenters. The van der Waals surface area contributed by atoms with Crippen LogP contribution in [0.3, 0.4) is 0 Å². The lowest BCUT2D eigenvalue weighted by atomic mass is 10.2. The number of ether oxygens (including phenoxy) is 2. The number of alkyl halides is 1. The summed E-state index contributed by atoms with van der Waals surface area (Å²) in [5.41, 5.74) is 0.922. The Kier molecular flexibility index (Phi) is 3.38. The van der Waals surface area contributed by atoms with E-state index >= 15 is 0 Å². The minimum atomic E-state index is -0.968. The van der Waals surface area contributed by atoms with Gasteiger partial charge in [-0.3, -0.25) is 4.90 Å². The molecule has 1 saturated heterocycles. The number of fused-ring (bicyclic) bond motifs is 1. The van der Waals surface area contributed by atoms with Gasteiger partial charge in [-0.1, -0.05) is 30.3 Å². The predicted octanol–water partition coefficient (Wildman–Crippen LogP) is 1.99. The van der Waals surface area contributed by atoms with E-state index in [9.17, 15) is 9.18 Å². The molecule has 19 heavy (non-hydrogen) atoms. The van der Waals surface area contributed by atoms with Crippen LogP contribution in [-0.2, 0) is 16.1 Å². The van der Waals surface area contributed by atoms with Gasteiger partial charge in [0.25, 0.3) is 0 Å². The first kappa shape index (κ1) is 12.4. The molecule has 0 aromatic heterocycles. The molecule has 2 fully saturated rings. The first-order valence-corrected chi connectivity index (χ1v) is 6.46.